The zero-order chi connectivity index (χ0) is 28.4. The van der Waals surface area contributed by atoms with Gasteiger partial charge in [-0.2, -0.15) is 5.26 Å². The van der Waals surface area contributed by atoms with Crippen molar-refractivity contribution in [3.8, 4) is 17.6 Å². The van der Waals surface area contributed by atoms with E-state index in [0.717, 1.165) is 17.0 Å². The normalized spacial score (nSPS) is 16.4. The maximum absolute atomic E-state index is 14.5. The monoisotopic (exact) mass is 551 g/mol. The van der Waals surface area contributed by atoms with E-state index < -0.39 is 55.5 Å². The molecule has 0 aliphatic carbocycles. The number of nitrogens with one attached hydrogen (secondary N) is 1. The van der Waals surface area contributed by atoms with Gasteiger partial charge in [-0.05, 0) is 62.7 Å². The third kappa shape index (κ3) is 6.53. The number of alkyl carbamates (subject to hydrolysis) is 1. The molecule has 3 aromatic carbocycles. The molecule has 1 N–H and O–H groups in total. The van der Waals surface area contributed by atoms with E-state index in [1.54, 1.807) is 63.2 Å². The summed E-state index contributed by atoms with van der Waals surface area (Å²) in [7, 11) is -4.27. The highest BCUT2D eigenvalue weighted by Crippen LogP contribution is 2.34. The highest BCUT2D eigenvalue weighted by atomic mass is 32.2. The Hall–Kier alpha value is -4.43. The second-order valence-corrected chi connectivity index (χ2v) is 11.9. The van der Waals surface area contributed by atoms with Gasteiger partial charge >= 0.3 is 6.09 Å². The Balaban J connectivity index is 1.70. The topological polar surface area (TPSA) is 126 Å². The SMILES string of the molecule is CC(C)(C)OC(=O)N[C@H]1CS(=O)(=O)c2cc(F)c(C#N)cc2N(Cc2ccc(Oc3ccccc3)cc2)C1=O. The molecule has 0 bridgehead atoms. The summed E-state index contributed by atoms with van der Waals surface area (Å²) in [6.07, 6.45) is -0.978. The van der Waals surface area contributed by atoms with Gasteiger partial charge in [0.2, 0.25) is 0 Å². The van der Waals surface area contributed by atoms with Crippen molar-refractivity contribution in [3.05, 3.63) is 83.7 Å². The molecule has 1 aliphatic heterocycles. The van der Waals surface area contributed by atoms with Crippen LogP contribution in [0.15, 0.2) is 71.6 Å². The molecule has 0 radical (unpaired) electrons. The molecule has 2 amide bonds. The number of hydrogen-bond acceptors (Lipinski definition) is 7. The minimum absolute atomic E-state index is 0.129. The number of hydrogen-bond donors (Lipinski definition) is 1. The number of nitrogens with zero attached hydrogens (tertiary/aromatic N) is 2. The van der Waals surface area contributed by atoms with E-state index in [-0.39, 0.29) is 12.2 Å². The van der Waals surface area contributed by atoms with Gasteiger partial charge in [-0.3, -0.25) is 4.79 Å². The Kier molecular flexibility index (Phi) is 7.60. The summed E-state index contributed by atoms with van der Waals surface area (Å²) in [5.41, 5.74) is -0.885. The second-order valence-electron chi connectivity index (χ2n) is 9.88. The molecule has 11 heteroatoms. The van der Waals surface area contributed by atoms with Crippen molar-refractivity contribution in [2.45, 2.75) is 43.9 Å². The molecule has 9 nitrogen and oxygen atoms in total. The van der Waals surface area contributed by atoms with Crippen LogP contribution in [0.1, 0.15) is 31.9 Å². The smallest absolute Gasteiger partial charge is 0.408 e. The van der Waals surface area contributed by atoms with Crippen LogP contribution < -0.4 is 15.0 Å². The number of rotatable bonds is 5. The molecule has 0 saturated carbocycles. The van der Waals surface area contributed by atoms with Gasteiger partial charge in [0, 0.05) is 0 Å². The molecule has 0 fully saturated rings. The number of para-hydroxylation sites is 1. The van der Waals surface area contributed by atoms with E-state index in [0.29, 0.717) is 17.1 Å². The van der Waals surface area contributed by atoms with Crippen molar-refractivity contribution in [2.75, 3.05) is 10.7 Å². The third-order valence-electron chi connectivity index (χ3n) is 5.68. The van der Waals surface area contributed by atoms with E-state index in [9.17, 15) is 27.7 Å². The minimum Gasteiger partial charge on any atom is -0.457 e. The molecule has 1 aliphatic rings. The van der Waals surface area contributed by atoms with Crippen molar-refractivity contribution in [3.63, 3.8) is 0 Å². The number of sulfone groups is 1. The molecule has 4 rings (SSSR count). The molecule has 0 saturated heterocycles. The van der Waals surface area contributed by atoms with Crippen LogP contribution in [0, 0.1) is 17.1 Å². The molecule has 0 aromatic heterocycles. The molecule has 0 unspecified atom stereocenters. The molecular formula is C28H26FN3O6S. The summed E-state index contributed by atoms with van der Waals surface area (Å²) in [6.45, 7) is 4.74. The van der Waals surface area contributed by atoms with Gasteiger partial charge in [-0.1, -0.05) is 30.3 Å². The van der Waals surface area contributed by atoms with Crippen LogP contribution in [0.3, 0.4) is 0 Å². The number of carbonyl (C=O) groups excluding carboxylic acids is 2. The highest BCUT2D eigenvalue weighted by Gasteiger charge is 2.40. The largest absolute Gasteiger partial charge is 0.457 e. The lowest BCUT2D eigenvalue weighted by molar-refractivity contribution is -0.120. The maximum Gasteiger partial charge on any atom is 0.408 e. The van der Waals surface area contributed by atoms with Crippen LogP contribution in [0.4, 0.5) is 14.9 Å². The van der Waals surface area contributed by atoms with Gasteiger partial charge in [-0.25, -0.2) is 17.6 Å². The quantitative estimate of drug-likeness (QED) is 0.487. The lowest BCUT2D eigenvalue weighted by Gasteiger charge is -2.27. The molecule has 0 spiro atoms. The molecule has 1 atom stereocenters. The van der Waals surface area contributed by atoms with Gasteiger partial charge in [0.1, 0.15) is 35.0 Å². The van der Waals surface area contributed by atoms with Crippen LogP contribution in [0.25, 0.3) is 0 Å². The fourth-order valence-corrected chi connectivity index (χ4v) is 5.58. The van der Waals surface area contributed by atoms with Crippen molar-refractivity contribution < 1.29 is 31.9 Å². The van der Waals surface area contributed by atoms with Gasteiger partial charge in [-0.15, -0.1) is 0 Å². The first-order valence-corrected chi connectivity index (χ1v) is 13.6. The number of halogens is 1. The Morgan fingerprint density at radius 2 is 1.74 bits per heavy atom. The van der Waals surface area contributed by atoms with E-state index in [4.69, 9.17) is 9.47 Å². The fraction of sp³-hybridized carbons (Fsp3) is 0.250. The number of ether oxygens (including phenoxy) is 2. The van der Waals surface area contributed by atoms with E-state index in [2.05, 4.69) is 5.32 Å². The summed E-state index contributed by atoms with van der Waals surface area (Å²) in [4.78, 5) is 26.8. The number of benzene rings is 3. The number of anilines is 1. The number of nitriles is 1. The van der Waals surface area contributed by atoms with E-state index >= 15 is 0 Å². The van der Waals surface area contributed by atoms with Gasteiger partial charge in [0.25, 0.3) is 5.91 Å². The zero-order valence-electron chi connectivity index (χ0n) is 21.5. The van der Waals surface area contributed by atoms with Crippen molar-refractivity contribution in [2.24, 2.45) is 0 Å². The van der Waals surface area contributed by atoms with Crippen LogP contribution in [0.2, 0.25) is 0 Å². The zero-order valence-corrected chi connectivity index (χ0v) is 22.3. The summed E-state index contributed by atoms with van der Waals surface area (Å²) < 4.78 is 52.0. The second kappa shape index (κ2) is 10.7. The first-order chi connectivity index (χ1) is 18.4. The van der Waals surface area contributed by atoms with Crippen LogP contribution >= 0.6 is 0 Å². The van der Waals surface area contributed by atoms with Crippen molar-refractivity contribution >= 4 is 27.5 Å². The average molecular weight is 552 g/mol. The Morgan fingerprint density at radius 3 is 2.36 bits per heavy atom. The minimum atomic E-state index is -4.27. The first kappa shape index (κ1) is 27.6. The molecule has 1 heterocycles. The van der Waals surface area contributed by atoms with Crippen molar-refractivity contribution in [1.82, 2.24) is 5.32 Å². The van der Waals surface area contributed by atoms with Gasteiger partial charge < -0.3 is 19.7 Å². The number of carbonyl (C=O) groups is 2. The summed E-state index contributed by atoms with van der Waals surface area (Å²) in [5.74, 6) is -1.44. The Bertz CT molecular complexity index is 1550. The molecule has 3 aromatic rings. The van der Waals surface area contributed by atoms with E-state index in [1.165, 1.54) is 0 Å². The lowest BCUT2D eigenvalue weighted by Crippen LogP contribution is -2.51. The summed E-state index contributed by atoms with van der Waals surface area (Å²) >= 11 is 0. The van der Waals surface area contributed by atoms with Crippen LogP contribution in [-0.2, 0) is 25.9 Å². The standard InChI is InChI=1S/C28H26FN3O6S/c1-28(2,3)38-27(34)31-23-17-39(35,36)25-14-22(29)19(15-30)13-24(25)32(26(23)33)16-18-9-11-21(12-10-18)37-20-7-5-4-6-8-20/h4-14,23H,16-17H2,1-3H3,(H,31,34)/t23-/m0/s1. The summed E-state index contributed by atoms with van der Waals surface area (Å²) in [6, 6.07) is 17.8. The number of fused-ring (bicyclic) bond motifs is 1. The van der Waals surface area contributed by atoms with Gasteiger partial charge in [0.15, 0.2) is 9.84 Å². The van der Waals surface area contributed by atoms with Crippen molar-refractivity contribution in [1.29, 1.82) is 5.26 Å². The first-order valence-electron chi connectivity index (χ1n) is 12.0. The highest BCUT2D eigenvalue weighted by molar-refractivity contribution is 7.91. The van der Waals surface area contributed by atoms with Crippen LogP contribution in [-0.4, -0.2) is 37.8 Å². The van der Waals surface area contributed by atoms with E-state index in [1.807, 2.05) is 18.2 Å². The number of amides is 2. The molecule has 39 heavy (non-hydrogen) atoms. The fourth-order valence-electron chi connectivity index (χ4n) is 3.96. The Morgan fingerprint density at radius 1 is 1.10 bits per heavy atom. The van der Waals surface area contributed by atoms with Crippen LogP contribution in [0.5, 0.6) is 11.5 Å². The average Bonchev–Trinajstić information content (AvgIpc) is 2.93. The lowest BCUT2D eigenvalue weighted by atomic mass is 10.1. The van der Waals surface area contributed by atoms with Gasteiger partial charge in [0.05, 0.1) is 28.4 Å². The molecular weight excluding hydrogens is 525 g/mol. The third-order valence-corrected chi connectivity index (χ3v) is 7.45. The predicted molar refractivity (Wildman–Crippen MR) is 140 cm³/mol. The molecule has 202 valence electrons. The summed E-state index contributed by atoms with van der Waals surface area (Å²) in [5, 5.41) is 11.7. The predicted octanol–water partition coefficient (Wildman–Crippen LogP) is 4.70. The maximum atomic E-state index is 14.5. The Labute approximate surface area is 225 Å².